The minimum Gasteiger partial charge on any atom is -0.494 e. The van der Waals surface area contributed by atoms with Crippen LogP contribution in [0.1, 0.15) is 49.2 Å². The van der Waals surface area contributed by atoms with E-state index in [0.29, 0.717) is 29.4 Å². The molecule has 0 radical (unpaired) electrons. The number of hydrogen-bond donors (Lipinski definition) is 0. The number of rotatable bonds is 6. The van der Waals surface area contributed by atoms with Gasteiger partial charge >= 0.3 is 6.97 Å². The molecule has 2 aliphatic heterocycles. The van der Waals surface area contributed by atoms with Crippen LogP contribution in [0.25, 0.3) is 5.57 Å². The van der Waals surface area contributed by atoms with Crippen LogP contribution in [0.2, 0.25) is 0 Å². The van der Waals surface area contributed by atoms with Crippen molar-refractivity contribution in [1.29, 1.82) is 0 Å². The second kappa shape index (κ2) is 9.17. The first-order chi connectivity index (χ1) is 15.1. The van der Waals surface area contributed by atoms with Crippen molar-refractivity contribution in [3.8, 4) is 5.75 Å². The minimum atomic E-state index is -3.99. The van der Waals surface area contributed by atoms with Crippen molar-refractivity contribution in [3.63, 3.8) is 0 Å². The highest BCUT2D eigenvalue weighted by Crippen LogP contribution is 2.47. The van der Waals surface area contributed by atoms with E-state index in [1.807, 2.05) is 38.1 Å². The molecule has 1 aromatic heterocycles. The summed E-state index contributed by atoms with van der Waals surface area (Å²) in [4.78, 5) is 0. The third-order valence-corrected chi connectivity index (χ3v) is 9.98. The maximum atomic E-state index is 16.0. The topological polar surface area (TPSA) is 17.2 Å². The Hall–Kier alpha value is -0.685. The third kappa shape index (κ3) is 3.74. The van der Waals surface area contributed by atoms with Gasteiger partial charge in [-0.3, -0.25) is 0 Å². The third-order valence-electron chi connectivity index (χ3n) is 6.24. The van der Waals surface area contributed by atoms with Crippen LogP contribution in [0.5, 0.6) is 5.75 Å². The molecule has 0 aliphatic carbocycles. The largest absolute Gasteiger partial charge is 0.737 e. The molecule has 2 aromatic rings. The number of ether oxygens (including phenoxy) is 1. The summed E-state index contributed by atoms with van der Waals surface area (Å²) in [7, 11) is 0. The van der Waals surface area contributed by atoms with Gasteiger partial charge in [0.1, 0.15) is 11.5 Å². The SMILES string of the molecule is CC1=C(I)C(C)=[N+]2C1=C(c1ccc(OCCCCBr)cc1)c1c(C)c(I)c(C)n1[B-]2(F)F. The standard InChI is InChI=1S/C23H24BBrF2I2N2O/c1-13-20(28)15(3)30-22(13)19(17-7-9-18(10-8-17)32-12-6-5-11-25)23-14(2)21(29)16(4)31(23)24(30,26)27/h7-10H,5-6,11-12H2,1-4H3. The Bertz CT molecular complexity index is 1200. The van der Waals surface area contributed by atoms with Crippen molar-refractivity contribution >= 4 is 79.4 Å². The molecule has 0 unspecified atom stereocenters. The Kier molecular flexibility index (Phi) is 7.00. The first-order valence-corrected chi connectivity index (χ1v) is 13.8. The Labute approximate surface area is 223 Å². The fourth-order valence-corrected chi connectivity index (χ4v) is 6.08. The van der Waals surface area contributed by atoms with Crippen molar-refractivity contribution < 1.29 is 17.9 Å². The average molecular weight is 727 g/mol. The molecule has 0 amide bonds. The summed E-state index contributed by atoms with van der Waals surface area (Å²) in [6, 6.07) is 7.86. The lowest BCUT2D eigenvalue weighted by molar-refractivity contribution is -0.363. The van der Waals surface area contributed by atoms with Gasteiger partial charge in [0.25, 0.3) is 0 Å². The molecule has 0 bridgehead atoms. The van der Waals surface area contributed by atoms with Crippen LogP contribution >= 0.6 is 61.1 Å². The van der Waals surface area contributed by atoms with Crippen LogP contribution in [0, 0.1) is 17.4 Å². The van der Waals surface area contributed by atoms with Gasteiger partial charge in [0.05, 0.1) is 15.8 Å². The summed E-state index contributed by atoms with van der Waals surface area (Å²) in [5.74, 6) is 0.796. The molecule has 2 aliphatic rings. The molecule has 0 saturated carbocycles. The fourth-order valence-electron chi connectivity index (χ4n) is 4.66. The molecular formula is C23H24BBrF2I2N2O. The maximum Gasteiger partial charge on any atom is 0.737 e. The number of hydrogen-bond acceptors (Lipinski definition) is 1. The number of nitrogens with zero attached hydrogens (tertiary/aromatic N) is 2. The zero-order valence-electron chi connectivity index (χ0n) is 18.4. The lowest BCUT2D eigenvalue weighted by atomic mass is 9.84. The molecule has 0 spiro atoms. The van der Waals surface area contributed by atoms with Gasteiger partial charge in [-0.05, 0) is 108 Å². The second-order valence-electron chi connectivity index (χ2n) is 8.22. The quantitative estimate of drug-likeness (QED) is 0.131. The maximum absolute atomic E-state index is 16.0. The van der Waals surface area contributed by atoms with Crippen LogP contribution in [0.15, 0.2) is 39.1 Å². The van der Waals surface area contributed by atoms with Crippen molar-refractivity contribution in [2.45, 2.75) is 40.5 Å². The molecule has 0 fully saturated rings. The van der Waals surface area contributed by atoms with Crippen molar-refractivity contribution in [2.75, 3.05) is 11.9 Å². The molecule has 1 aromatic carbocycles. The van der Waals surface area contributed by atoms with E-state index in [1.54, 1.807) is 13.8 Å². The first kappa shape index (κ1) is 24.4. The summed E-state index contributed by atoms with van der Waals surface area (Å²) < 4.78 is 42.2. The Morgan fingerprint density at radius 3 is 2.34 bits per heavy atom. The van der Waals surface area contributed by atoms with E-state index in [9.17, 15) is 0 Å². The number of fused-ring (bicyclic) bond motifs is 2. The van der Waals surface area contributed by atoms with Crippen LogP contribution in [0.3, 0.4) is 0 Å². The number of aromatic nitrogens is 1. The van der Waals surface area contributed by atoms with Gasteiger partial charge in [-0.25, -0.2) is 0 Å². The zero-order chi connectivity index (χ0) is 23.4. The van der Waals surface area contributed by atoms with E-state index in [2.05, 4.69) is 61.1 Å². The summed E-state index contributed by atoms with van der Waals surface area (Å²) in [5, 5.41) is 0.966. The molecule has 3 nitrogen and oxygen atoms in total. The molecule has 3 heterocycles. The van der Waals surface area contributed by atoms with Gasteiger partial charge in [0.2, 0.25) is 0 Å². The Morgan fingerprint density at radius 1 is 1.06 bits per heavy atom. The predicted octanol–water partition coefficient (Wildman–Crippen LogP) is 7.46. The minimum absolute atomic E-state index is 0.610. The lowest BCUT2D eigenvalue weighted by Crippen LogP contribution is -2.51. The van der Waals surface area contributed by atoms with E-state index >= 15 is 8.63 Å². The first-order valence-electron chi connectivity index (χ1n) is 10.6. The lowest BCUT2D eigenvalue weighted by Gasteiger charge is -2.33. The monoisotopic (exact) mass is 726 g/mol. The summed E-state index contributed by atoms with van der Waals surface area (Å²) in [6.07, 6.45) is 2.05. The van der Waals surface area contributed by atoms with Crippen LogP contribution in [-0.2, 0) is 0 Å². The number of unbranched alkanes of at least 4 members (excludes halogenated alkanes) is 1. The van der Waals surface area contributed by atoms with Gasteiger partial charge in [-0.1, -0.05) is 28.1 Å². The molecule has 32 heavy (non-hydrogen) atoms. The van der Waals surface area contributed by atoms with Crippen LogP contribution in [-0.4, -0.2) is 33.6 Å². The van der Waals surface area contributed by atoms with E-state index in [0.717, 1.165) is 53.3 Å². The van der Waals surface area contributed by atoms with Crippen LogP contribution < -0.4 is 4.74 Å². The van der Waals surface area contributed by atoms with Crippen molar-refractivity contribution in [2.24, 2.45) is 0 Å². The molecule has 0 N–H and O–H groups in total. The summed E-state index contributed by atoms with van der Waals surface area (Å²) in [5.41, 5.74) is 6.03. The smallest absolute Gasteiger partial charge is 0.494 e. The zero-order valence-corrected chi connectivity index (χ0v) is 24.3. The van der Waals surface area contributed by atoms with Gasteiger partial charge in [-0.2, -0.15) is 0 Å². The molecule has 0 atom stereocenters. The molecular weight excluding hydrogens is 703 g/mol. The van der Waals surface area contributed by atoms with Crippen molar-refractivity contribution in [3.05, 3.63) is 65.2 Å². The molecule has 170 valence electrons. The Balaban J connectivity index is 1.91. The van der Waals surface area contributed by atoms with Crippen molar-refractivity contribution in [1.82, 2.24) is 4.48 Å². The van der Waals surface area contributed by atoms with Gasteiger partial charge in [0.15, 0.2) is 5.70 Å². The normalized spacial score (nSPS) is 17.3. The Morgan fingerprint density at radius 2 is 1.72 bits per heavy atom. The molecule has 4 rings (SSSR count). The number of benzene rings is 1. The fraction of sp³-hybridized carbons (Fsp3) is 0.348. The van der Waals surface area contributed by atoms with E-state index in [-0.39, 0.29) is 0 Å². The number of allylic oxidation sites excluding steroid dienone is 2. The number of halogens is 5. The highest BCUT2D eigenvalue weighted by molar-refractivity contribution is 14.1. The summed E-state index contributed by atoms with van der Waals surface area (Å²) in [6.45, 7) is 4.14. The number of alkyl halides is 1. The van der Waals surface area contributed by atoms with Gasteiger partial charge in [-0.15, -0.1) is 0 Å². The molecule has 9 heteroatoms. The highest BCUT2D eigenvalue weighted by Gasteiger charge is 2.56. The van der Waals surface area contributed by atoms with E-state index in [4.69, 9.17) is 4.74 Å². The second-order valence-corrected chi connectivity index (χ2v) is 11.2. The van der Waals surface area contributed by atoms with E-state index in [1.165, 1.54) is 8.96 Å². The predicted molar refractivity (Wildman–Crippen MR) is 149 cm³/mol. The molecule has 0 saturated heterocycles. The van der Waals surface area contributed by atoms with Crippen LogP contribution in [0.4, 0.5) is 8.63 Å². The van der Waals surface area contributed by atoms with E-state index < -0.39 is 6.97 Å². The summed E-state index contributed by atoms with van der Waals surface area (Å²) >= 11 is 7.82. The van der Waals surface area contributed by atoms with Gasteiger partial charge < -0.3 is 22.3 Å². The average Bonchev–Trinajstić information content (AvgIpc) is 3.13. The highest BCUT2D eigenvalue weighted by atomic mass is 127. The van der Waals surface area contributed by atoms with Gasteiger partial charge in [0, 0.05) is 27.1 Å².